The predicted octanol–water partition coefficient (Wildman–Crippen LogP) is 3.19. The first-order chi connectivity index (χ1) is 8.68. The summed E-state index contributed by atoms with van der Waals surface area (Å²) in [6, 6.07) is 3.93. The lowest BCUT2D eigenvalue weighted by atomic mass is 9.70. The Morgan fingerprint density at radius 2 is 2.33 bits per heavy atom. The monoisotopic (exact) mass is 260 g/mol. The van der Waals surface area contributed by atoms with Crippen molar-refractivity contribution in [2.24, 2.45) is 5.41 Å². The smallest absolute Gasteiger partial charge is 0.195 e. The zero-order valence-electron chi connectivity index (χ0n) is 10.4. The number of aromatic nitrogens is 4. The largest absolute Gasteiger partial charge is 0.300 e. The third-order valence-electron chi connectivity index (χ3n) is 3.78. The fourth-order valence-electron chi connectivity index (χ4n) is 2.50. The van der Waals surface area contributed by atoms with Gasteiger partial charge in [-0.05, 0) is 42.6 Å². The van der Waals surface area contributed by atoms with Crippen molar-refractivity contribution in [3.8, 4) is 11.4 Å². The molecule has 0 saturated heterocycles. The van der Waals surface area contributed by atoms with Crippen LogP contribution in [0.3, 0.4) is 0 Å². The number of nitrogens with one attached hydrogen (secondary N) is 1. The fourth-order valence-corrected chi connectivity index (χ4v) is 2.70. The van der Waals surface area contributed by atoms with Gasteiger partial charge in [-0.3, -0.25) is 14.6 Å². The van der Waals surface area contributed by atoms with Gasteiger partial charge in [0.05, 0.1) is 0 Å². The highest BCUT2D eigenvalue weighted by Gasteiger charge is 2.33. The average Bonchev–Trinajstić information content (AvgIpc) is 2.70. The van der Waals surface area contributed by atoms with Crippen LogP contribution in [0.15, 0.2) is 24.5 Å². The molecule has 1 N–H and O–H groups in total. The normalized spacial score (nSPS) is 17.4. The van der Waals surface area contributed by atoms with Gasteiger partial charge < -0.3 is 0 Å². The van der Waals surface area contributed by atoms with Crippen LogP contribution in [0.1, 0.15) is 26.2 Å². The molecule has 0 aliphatic heterocycles. The summed E-state index contributed by atoms with van der Waals surface area (Å²) in [5.74, 6) is 0.890. The molecule has 2 aromatic heterocycles. The van der Waals surface area contributed by atoms with E-state index in [1.165, 1.54) is 19.3 Å². The van der Waals surface area contributed by atoms with Crippen LogP contribution in [0.2, 0.25) is 0 Å². The van der Waals surface area contributed by atoms with E-state index in [1.54, 1.807) is 6.20 Å². The number of aromatic amines is 1. The summed E-state index contributed by atoms with van der Waals surface area (Å²) in [4.78, 5) is 4.14. The van der Waals surface area contributed by atoms with Gasteiger partial charge in [-0.1, -0.05) is 13.3 Å². The highest BCUT2D eigenvalue weighted by Crippen LogP contribution is 2.42. The highest BCUT2D eigenvalue weighted by atomic mass is 32.1. The van der Waals surface area contributed by atoms with Gasteiger partial charge in [0, 0.05) is 24.5 Å². The second-order valence-electron chi connectivity index (χ2n) is 5.34. The maximum atomic E-state index is 5.34. The molecule has 4 nitrogen and oxygen atoms in total. The number of nitrogens with zero attached hydrogens (tertiary/aromatic N) is 3. The number of rotatable bonds is 3. The van der Waals surface area contributed by atoms with Gasteiger partial charge in [-0.2, -0.15) is 5.10 Å². The maximum absolute atomic E-state index is 5.34. The lowest BCUT2D eigenvalue weighted by Crippen LogP contribution is -2.31. The molecule has 0 atom stereocenters. The van der Waals surface area contributed by atoms with E-state index in [0.717, 1.165) is 17.9 Å². The lowest BCUT2D eigenvalue weighted by molar-refractivity contribution is 0.132. The minimum absolute atomic E-state index is 0.374. The summed E-state index contributed by atoms with van der Waals surface area (Å²) in [5.41, 5.74) is 1.38. The molecule has 0 spiro atoms. The second kappa shape index (κ2) is 4.31. The van der Waals surface area contributed by atoms with Gasteiger partial charge in [0.15, 0.2) is 10.6 Å². The molecule has 0 amide bonds. The van der Waals surface area contributed by atoms with Crippen LogP contribution in [0, 0.1) is 10.2 Å². The summed E-state index contributed by atoms with van der Waals surface area (Å²) < 4.78 is 2.80. The number of hydrogen-bond acceptors (Lipinski definition) is 3. The third kappa shape index (κ3) is 1.99. The van der Waals surface area contributed by atoms with Gasteiger partial charge in [-0.15, -0.1) is 0 Å². The van der Waals surface area contributed by atoms with E-state index in [2.05, 4.69) is 26.7 Å². The standard InChI is InChI=1S/C13H16N4S/c1-13(5-3-6-13)9-17-11(15-16-12(17)18)10-4-2-7-14-8-10/h2,4,7-8H,3,5-6,9H2,1H3,(H,16,18). The van der Waals surface area contributed by atoms with Gasteiger partial charge in [0.2, 0.25) is 0 Å². The van der Waals surface area contributed by atoms with Crippen LogP contribution in [0.5, 0.6) is 0 Å². The second-order valence-corrected chi connectivity index (χ2v) is 5.73. The molecule has 1 aliphatic rings. The van der Waals surface area contributed by atoms with Crippen LogP contribution in [0.25, 0.3) is 11.4 Å². The molecular formula is C13H16N4S. The quantitative estimate of drug-likeness (QED) is 0.862. The van der Waals surface area contributed by atoms with Crippen molar-refractivity contribution in [1.82, 2.24) is 19.7 Å². The maximum Gasteiger partial charge on any atom is 0.195 e. The number of H-pyrrole nitrogens is 1. The molecule has 94 valence electrons. The Bertz CT molecular complexity index is 595. The molecule has 3 rings (SSSR count). The first-order valence-corrected chi connectivity index (χ1v) is 6.64. The Kier molecular flexibility index (Phi) is 2.78. The molecule has 0 radical (unpaired) electrons. The van der Waals surface area contributed by atoms with Crippen molar-refractivity contribution < 1.29 is 0 Å². The first kappa shape index (κ1) is 11.6. The molecule has 0 unspecified atom stereocenters. The Labute approximate surface area is 111 Å². The molecule has 18 heavy (non-hydrogen) atoms. The Hall–Kier alpha value is -1.49. The van der Waals surface area contributed by atoms with E-state index in [0.29, 0.717) is 10.2 Å². The molecule has 2 heterocycles. The fraction of sp³-hybridized carbons (Fsp3) is 0.462. The molecule has 1 fully saturated rings. The van der Waals surface area contributed by atoms with Crippen molar-refractivity contribution in [2.75, 3.05) is 0 Å². The van der Waals surface area contributed by atoms with Gasteiger partial charge in [0.1, 0.15) is 0 Å². The summed E-state index contributed by atoms with van der Waals surface area (Å²) >= 11 is 5.34. The van der Waals surface area contributed by atoms with E-state index in [4.69, 9.17) is 12.2 Å². The van der Waals surface area contributed by atoms with E-state index >= 15 is 0 Å². The zero-order valence-corrected chi connectivity index (χ0v) is 11.2. The van der Waals surface area contributed by atoms with Crippen LogP contribution in [0.4, 0.5) is 0 Å². The number of pyridine rings is 1. The van der Waals surface area contributed by atoms with Crippen molar-refractivity contribution in [2.45, 2.75) is 32.7 Å². The predicted molar refractivity (Wildman–Crippen MR) is 72.6 cm³/mol. The summed E-state index contributed by atoms with van der Waals surface area (Å²) in [7, 11) is 0. The van der Waals surface area contributed by atoms with Crippen LogP contribution in [-0.2, 0) is 6.54 Å². The first-order valence-electron chi connectivity index (χ1n) is 6.24. The lowest BCUT2D eigenvalue weighted by Gasteiger charge is -2.38. The molecule has 0 aromatic carbocycles. The summed E-state index contributed by atoms with van der Waals surface area (Å²) in [6.45, 7) is 3.25. The van der Waals surface area contributed by atoms with Crippen LogP contribution < -0.4 is 0 Å². The SMILES string of the molecule is CC1(Cn2c(-c3cccnc3)n[nH]c2=S)CCC1. The zero-order chi connectivity index (χ0) is 12.6. The van der Waals surface area contributed by atoms with Crippen LogP contribution >= 0.6 is 12.2 Å². The van der Waals surface area contributed by atoms with Crippen molar-refractivity contribution in [1.29, 1.82) is 0 Å². The third-order valence-corrected chi connectivity index (χ3v) is 4.09. The minimum Gasteiger partial charge on any atom is -0.300 e. The molecule has 5 heteroatoms. The molecule has 0 bridgehead atoms. The minimum atomic E-state index is 0.374. The summed E-state index contributed by atoms with van der Waals surface area (Å²) in [5, 5.41) is 7.23. The van der Waals surface area contributed by atoms with E-state index in [9.17, 15) is 0 Å². The van der Waals surface area contributed by atoms with E-state index < -0.39 is 0 Å². The Morgan fingerprint density at radius 3 is 2.94 bits per heavy atom. The van der Waals surface area contributed by atoms with Crippen molar-refractivity contribution in [3.05, 3.63) is 29.3 Å². The Balaban J connectivity index is 1.99. The van der Waals surface area contributed by atoms with Crippen molar-refractivity contribution in [3.63, 3.8) is 0 Å². The molecule has 1 saturated carbocycles. The topological polar surface area (TPSA) is 46.5 Å². The summed E-state index contributed by atoms with van der Waals surface area (Å²) in [6.07, 6.45) is 7.45. The Morgan fingerprint density at radius 1 is 1.50 bits per heavy atom. The molecular weight excluding hydrogens is 244 g/mol. The molecule has 1 aliphatic carbocycles. The van der Waals surface area contributed by atoms with E-state index in [1.807, 2.05) is 18.3 Å². The average molecular weight is 260 g/mol. The van der Waals surface area contributed by atoms with Gasteiger partial charge >= 0.3 is 0 Å². The van der Waals surface area contributed by atoms with E-state index in [-0.39, 0.29) is 0 Å². The highest BCUT2D eigenvalue weighted by molar-refractivity contribution is 7.71. The van der Waals surface area contributed by atoms with Crippen molar-refractivity contribution >= 4 is 12.2 Å². The van der Waals surface area contributed by atoms with Gasteiger partial charge in [0.25, 0.3) is 0 Å². The van der Waals surface area contributed by atoms with Gasteiger partial charge in [-0.25, -0.2) is 0 Å². The molecule has 2 aromatic rings. The number of hydrogen-bond donors (Lipinski definition) is 1. The van der Waals surface area contributed by atoms with Crippen LogP contribution in [-0.4, -0.2) is 19.7 Å².